The highest BCUT2D eigenvalue weighted by Crippen LogP contribution is 2.64. The van der Waals surface area contributed by atoms with Crippen molar-refractivity contribution >= 4 is 29.5 Å². The van der Waals surface area contributed by atoms with E-state index in [2.05, 4.69) is 0 Å². The zero-order valence-electron chi connectivity index (χ0n) is 10.9. The summed E-state index contributed by atoms with van der Waals surface area (Å²) in [5.74, 6) is 0.786. The van der Waals surface area contributed by atoms with Gasteiger partial charge in [0.1, 0.15) is 9.90 Å². The average molecular weight is 318 g/mol. The van der Waals surface area contributed by atoms with Crippen molar-refractivity contribution in [2.75, 3.05) is 11.5 Å². The molecule has 21 heavy (non-hydrogen) atoms. The van der Waals surface area contributed by atoms with E-state index in [1.807, 2.05) is 6.07 Å². The Labute approximate surface area is 129 Å². The summed E-state index contributed by atoms with van der Waals surface area (Å²) in [5, 5.41) is 9.23. The van der Waals surface area contributed by atoms with Crippen LogP contribution in [0, 0.1) is 5.82 Å². The second-order valence-corrected chi connectivity index (χ2v) is 7.92. The lowest BCUT2D eigenvalue weighted by molar-refractivity contribution is 0.0697. The Balaban J connectivity index is 2.06. The summed E-state index contributed by atoms with van der Waals surface area (Å²) < 4.78 is 14.0. The van der Waals surface area contributed by atoms with E-state index in [4.69, 9.17) is 0 Å². The highest BCUT2D eigenvalue weighted by molar-refractivity contribution is 8.20. The Hall–Kier alpha value is -1.46. The summed E-state index contributed by atoms with van der Waals surface area (Å²) in [6.07, 6.45) is 0. The number of carboxylic acids is 1. The van der Waals surface area contributed by atoms with Crippen LogP contribution in [0.5, 0.6) is 0 Å². The largest absolute Gasteiger partial charge is 0.478 e. The fraction of sp³-hybridized carbons (Fsp3) is 0.188. The molecule has 1 heterocycles. The molecule has 1 aliphatic heterocycles. The topological polar surface area (TPSA) is 37.3 Å². The average Bonchev–Trinajstić information content (AvgIpc) is 3.06. The molecule has 1 spiro atoms. The second kappa shape index (κ2) is 4.52. The van der Waals surface area contributed by atoms with Crippen LogP contribution in [0.15, 0.2) is 36.4 Å². The van der Waals surface area contributed by atoms with Gasteiger partial charge in [0.05, 0.1) is 5.56 Å². The van der Waals surface area contributed by atoms with Gasteiger partial charge < -0.3 is 5.11 Å². The van der Waals surface area contributed by atoms with E-state index in [9.17, 15) is 14.3 Å². The van der Waals surface area contributed by atoms with Crippen molar-refractivity contribution < 1.29 is 14.3 Å². The number of hydrogen-bond donors (Lipinski definition) is 1. The van der Waals surface area contributed by atoms with Crippen LogP contribution in [0.2, 0.25) is 0 Å². The van der Waals surface area contributed by atoms with Crippen LogP contribution in [-0.2, 0) is 4.08 Å². The number of halogens is 1. The minimum absolute atomic E-state index is 0.234. The molecule has 5 heteroatoms. The first-order chi connectivity index (χ1) is 10.1. The minimum Gasteiger partial charge on any atom is -0.478 e. The fourth-order valence-corrected chi connectivity index (χ4v) is 6.48. The van der Waals surface area contributed by atoms with Gasteiger partial charge in [-0.05, 0) is 34.9 Å². The normalized spacial score (nSPS) is 17.8. The Kier molecular flexibility index (Phi) is 2.84. The van der Waals surface area contributed by atoms with Gasteiger partial charge >= 0.3 is 5.97 Å². The molecule has 1 N–H and O–H groups in total. The van der Waals surface area contributed by atoms with Crippen LogP contribution in [0.4, 0.5) is 4.39 Å². The number of benzene rings is 2. The number of thioether (sulfide) groups is 2. The lowest BCUT2D eigenvalue weighted by atomic mass is 10.0. The van der Waals surface area contributed by atoms with Gasteiger partial charge in [0.2, 0.25) is 0 Å². The molecule has 1 saturated heterocycles. The summed E-state index contributed by atoms with van der Waals surface area (Å²) in [6.45, 7) is 0. The standard InChI is InChI=1S/C16H11FO2S2/c17-13-3-1-2-11-14(13)10-5-4-9(15(18)19)8-12(10)16(11)20-6-7-21-16/h1-5,8H,6-7H2,(H,18,19). The van der Waals surface area contributed by atoms with Gasteiger partial charge in [0, 0.05) is 17.1 Å². The first kappa shape index (κ1) is 13.2. The molecule has 0 bridgehead atoms. The van der Waals surface area contributed by atoms with E-state index in [1.165, 1.54) is 6.07 Å². The highest BCUT2D eigenvalue weighted by Gasteiger charge is 2.48. The van der Waals surface area contributed by atoms with Crippen LogP contribution < -0.4 is 0 Å². The molecule has 2 aromatic rings. The van der Waals surface area contributed by atoms with Crippen molar-refractivity contribution in [3.05, 3.63) is 58.9 Å². The molecule has 1 aliphatic carbocycles. The van der Waals surface area contributed by atoms with Gasteiger partial charge in [-0.15, -0.1) is 23.5 Å². The molecule has 1 fully saturated rings. The molecular weight excluding hydrogens is 307 g/mol. The number of carboxylic acid groups (broad SMARTS) is 1. The molecule has 2 aromatic carbocycles. The number of rotatable bonds is 1. The van der Waals surface area contributed by atoms with Crippen molar-refractivity contribution in [3.8, 4) is 11.1 Å². The molecule has 2 aliphatic rings. The molecular formula is C16H11FO2S2. The molecule has 0 unspecified atom stereocenters. The van der Waals surface area contributed by atoms with Crippen LogP contribution in [0.25, 0.3) is 11.1 Å². The molecule has 0 atom stereocenters. The van der Waals surface area contributed by atoms with Crippen LogP contribution >= 0.6 is 23.5 Å². The van der Waals surface area contributed by atoms with Gasteiger partial charge in [0.15, 0.2) is 0 Å². The summed E-state index contributed by atoms with van der Waals surface area (Å²) in [7, 11) is 0. The molecule has 0 radical (unpaired) electrons. The van der Waals surface area contributed by atoms with E-state index >= 15 is 0 Å². The predicted molar refractivity (Wildman–Crippen MR) is 84.5 cm³/mol. The van der Waals surface area contributed by atoms with Crippen LogP contribution in [-0.4, -0.2) is 22.6 Å². The summed E-state index contributed by atoms with van der Waals surface area (Å²) in [5.41, 5.74) is 3.61. The van der Waals surface area contributed by atoms with Crippen molar-refractivity contribution in [3.63, 3.8) is 0 Å². The van der Waals surface area contributed by atoms with Gasteiger partial charge in [-0.25, -0.2) is 9.18 Å². The van der Waals surface area contributed by atoms with E-state index in [-0.39, 0.29) is 15.5 Å². The Morgan fingerprint density at radius 2 is 1.90 bits per heavy atom. The van der Waals surface area contributed by atoms with Crippen molar-refractivity contribution in [2.45, 2.75) is 4.08 Å². The predicted octanol–water partition coefficient (Wildman–Crippen LogP) is 4.19. The first-order valence-electron chi connectivity index (χ1n) is 6.58. The minimum atomic E-state index is -0.947. The van der Waals surface area contributed by atoms with Crippen LogP contribution in [0.1, 0.15) is 21.5 Å². The molecule has 0 amide bonds. The second-order valence-electron chi connectivity index (χ2n) is 5.04. The third kappa shape index (κ3) is 1.71. The lowest BCUT2D eigenvalue weighted by Gasteiger charge is -2.24. The quantitative estimate of drug-likeness (QED) is 0.855. The zero-order valence-corrected chi connectivity index (χ0v) is 12.6. The van der Waals surface area contributed by atoms with Crippen molar-refractivity contribution in [1.29, 1.82) is 0 Å². The monoisotopic (exact) mass is 318 g/mol. The van der Waals surface area contributed by atoms with Crippen LogP contribution in [0.3, 0.4) is 0 Å². The summed E-state index contributed by atoms with van der Waals surface area (Å²) >= 11 is 3.54. The highest BCUT2D eigenvalue weighted by atomic mass is 32.2. The number of carbonyl (C=O) groups is 1. The van der Waals surface area contributed by atoms with E-state index in [1.54, 1.807) is 47.8 Å². The maximum Gasteiger partial charge on any atom is 0.335 e. The summed E-state index contributed by atoms with van der Waals surface area (Å²) in [4.78, 5) is 11.3. The van der Waals surface area contributed by atoms with E-state index < -0.39 is 5.97 Å². The zero-order chi connectivity index (χ0) is 14.6. The summed E-state index contributed by atoms with van der Waals surface area (Å²) in [6, 6.07) is 10.2. The third-order valence-corrected chi connectivity index (χ3v) is 7.43. The molecule has 0 saturated carbocycles. The molecule has 2 nitrogen and oxygen atoms in total. The molecule has 4 rings (SSSR count). The Morgan fingerprint density at radius 1 is 1.14 bits per heavy atom. The Morgan fingerprint density at radius 3 is 2.62 bits per heavy atom. The van der Waals surface area contributed by atoms with Gasteiger partial charge in [-0.2, -0.15) is 0 Å². The van der Waals surface area contributed by atoms with E-state index in [0.717, 1.165) is 28.2 Å². The number of aromatic carboxylic acids is 1. The van der Waals surface area contributed by atoms with Crippen molar-refractivity contribution in [1.82, 2.24) is 0 Å². The van der Waals surface area contributed by atoms with E-state index in [0.29, 0.717) is 5.56 Å². The maximum atomic E-state index is 14.3. The number of hydrogen-bond acceptors (Lipinski definition) is 3. The first-order valence-corrected chi connectivity index (χ1v) is 8.56. The van der Waals surface area contributed by atoms with Gasteiger partial charge in [-0.1, -0.05) is 18.2 Å². The van der Waals surface area contributed by atoms with Crippen molar-refractivity contribution in [2.24, 2.45) is 0 Å². The molecule has 106 valence electrons. The van der Waals surface area contributed by atoms with Gasteiger partial charge in [-0.3, -0.25) is 0 Å². The Bertz CT molecular complexity index is 767. The fourth-order valence-electron chi connectivity index (χ4n) is 3.11. The van der Waals surface area contributed by atoms with Gasteiger partial charge in [0.25, 0.3) is 0 Å². The lowest BCUT2D eigenvalue weighted by Crippen LogP contribution is -2.13. The smallest absolute Gasteiger partial charge is 0.335 e. The SMILES string of the molecule is O=C(O)c1ccc2c(c1)C1(SCCS1)c1cccc(F)c1-2. The number of fused-ring (bicyclic) bond motifs is 5. The third-order valence-electron chi connectivity index (χ3n) is 3.95. The molecule has 0 aromatic heterocycles. The maximum absolute atomic E-state index is 14.3.